The molecule has 0 unspecified atom stereocenters. The van der Waals surface area contributed by atoms with E-state index in [1.807, 2.05) is 48.5 Å². The molecule has 0 saturated carbocycles. The molecule has 0 N–H and O–H groups in total. The van der Waals surface area contributed by atoms with Crippen molar-refractivity contribution in [3.05, 3.63) is 101 Å². The summed E-state index contributed by atoms with van der Waals surface area (Å²) in [6, 6.07) is 22.3. The Labute approximate surface area is 209 Å². The summed E-state index contributed by atoms with van der Waals surface area (Å²) < 4.78 is 12.1. The molecule has 2 atom stereocenters. The van der Waals surface area contributed by atoms with Gasteiger partial charge in [0.15, 0.2) is 0 Å². The molecule has 0 amide bonds. The average molecular weight is 469 g/mol. The molecule has 1 aliphatic rings. The summed E-state index contributed by atoms with van der Waals surface area (Å²) in [4.78, 5) is 14.1. The number of carbonyl (C=O) groups excluding carboxylic acids is 1. The van der Waals surface area contributed by atoms with Crippen molar-refractivity contribution in [2.24, 2.45) is 0 Å². The number of allylic oxidation sites excluding steroid dienone is 1. The van der Waals surface area contributed by atoms with Gasteiger partial charge in [0.1, 0.15) is 11.5 Å². The van der Waals surface area contributed by atoms with Crippen LogP contribution in [0.25, 0.3) is 6.08 Å². The fraction of sp³-hybridized carbons (Fsp3) is 0.344. The van der Waals surface area contributed by atoms with E-state index in [9.17, 15) is 4.79 Å². The second kappa shape index (κ2) is 9.37. The van der Waals surface area contributed by atoms with Crippen LogP contribution in [-0.4, -0.2) is 13.1 Å². The minimum atomic E-state index is -0.443. The van der Waals surface area contributed by atoms with Gasteiger partial charge in [-0.15, -0.1) is 0 Å². The summed E-state index contributed by atoms with van der Waals surface area (Å²) in [5.41, 5.74) is 4.60. The smallest absolute Gasteiger partial charge is 0.319 e. The highest BCUT2D eigenvalue weighted by molar-refractivity contribution is 5.86. The van der Waals surface area contributed by atoms with Crippen LogP contribution in [0.3, 0.4) is 0 Å². The number of hydrogen-bond donors (Lipinski definition) is 0. The highest BCUT2D eigenvalue weighted by Crippen LogP contribution is 2.45. The predicted molar refractivity (Wildman–Crippen MR) is 143 cm³/mol. The number of fused-ring (bicyclic) bond motifs is 1. The zero-order valence-corrected chi connectivity index (χ0v) is 21.9. The highest BCUT2D eigenvalue weighted by atomic mass is 16.5. The Morgan fingerprint density at radius 3 is 1.94 bits per heavy atom. The molecule has 0 spiro atoms. The molecule has 0 bridgehead atoms. The van der Waals surface area contributed by atoms with Gasteiger partial charge < -0.3 is 9.47 Å². The van der Waals surface area contributed by atoms with Crippen LogP contribution < -0.4 is 9.47 Å². The third kappa shape index (κ3) is 5.05. The second-order valence-electron chi connectivity index (χ2n) is 11.4. The van der Waals surface area contributed by atoms with E-state index in [1.165, 1.54) is 0 Å². The van der Waals surface area contributed by atoms with Gasteiger partial charge in [-0.2, -0.15) is 0 Å². The van der Waals surface area contributed by atoms with E-state index in [4.69, 9.17) is 9.47 Å². The van der Waals surface area contributed by atoms with E-state index < -0.39 is 5.92 Å². The average Bonchev–Trinajstić information content (AvgIpc) is 2.82. The number of methoxy groups -OCH3 is 1. The fourth-order valence-corrected chi connectivity index (χ4v) is 4.82. The quantitative estimate of drug-likeness (QED) is 0.290. The first-order chi connectivity index (χ1) is 16.5. The standard InChI is InChI=1S/C32H36O3/c1-31(2,3)26-19-23(34-7)20-27(32(4,5)6)29(26)35-30(33)28-24-16-12-11-15-22(24)17-18-25(28)21-13-9-8-10-14-21/h8-20,25,28H,1-7H3/t25-,28-/m0/s1. The van der Waals surface area contributed by atoms with Crippen LogP contribution in [0.15, 0.2) is 72.8 Å². The van der Waals surface area contributed by atoms with Crippen molar-refractivity contribution in [1.29, 1.82) is 0 Å². The van der Waals surface area contributed by atoms with Crippen molar-refractivity contribution in [2.45, 2.75) is 64.2 Å². The molecular formula is C32H36O3. The van der Waals surface area contributed by atoms with Crippen molar-refractivity contribution in [2.75, 3.05) is 7.11 Å². The van der Waals surface area contributed by atoms with Crippen LogP contribution in [-0.2, 0) is 15.6 Å². The summed E-state index contributed by atoms with van der Waals surface area (Å²) in [5.74, 6) is 0.633. The summed E-state index contributed by atoms with van der Waals surface area (Å²) in [6.07, 6.45) is 4.25. The van der Waals surface area contributed by atoms with E-state index in [2.05, 4.69) is 71.9 Å². The molecule has 182 valence electrons. The van der Waals surface area contributed by atoms with Crippen LogP contribution in [0.4, 0.5) is 0 Å². The van der Waals surface area contributed by atoms with Crippen LogP contribution in [0.5, 0.6) is 11.5 Å². The van der Waals surface area contributed by atoms with Gasteiger partial charge in [-0.25, -0.2) is 0 Å². The topological polar surface area (TPSA) is 35.5 Å². The lowest BCUT2D eigenvalue weighted by atomic mass is 9.75. The lowest BCUT2D eigenvalue weighted by molar-refractivity contribution is -0.136. The number of carbonyl (C=O) groups is 1. The van der Waals surface area contributed by atoms with E-state index in [0.717, 1.165) is 33.6 Å². The second-order valence-corrected chi connectivity index (χ2v) is 11.4. The van der Waals surface area contributed by atoms with Gasteiger partial charge in [-0.3, -0.25) is 4.79 Å². The Kier molecular flexibility index (Phi) is 6.64. The first kappa shape index (κ1) is 24.8. The van der Waals surface area contributed by atoms with Gasteiger partial charge in [0.05, 0.1) is 13.0 Å². The van der Waals surface area contributed by atoms with E-state index in [-0.39, 0.29) is 22.7 Å². The van der Waals surface area contributed by atoms with Crippen LogP contribution in [0.2, 0.25) is 0 Å². The van der Waals surface area contributed by atoms with Crippen molar-refractivity contribution in [1.82, 2.24) is 0 Å². The van der Waals surface area contributed by atoms with Crippen molar-refractivity contribution in [3.8, 4) is 11.5 Å². The SMILES string of the molecule is COc1cc(C(C)(C)C)c(OC(=O)[C@H]2c3ccccc3C=C[C@H]2c2ccccc2)c(C(C)(C)C)c1. The lowest BCUT2D eigenvalue weighted by Gasteiger charge is -2.32. The van der Waals surface area contributed by atoms with E-state index in [1.54, 1.807) is 7.11 Å². The largest absolute Gasteiger partial charge is 0.497 e. The molecule has 3 heteroatoms. The van der Waals surface area contributed by atoms with E-state index >= 15 is 0 Å². The molecule has 0 aromatic heterocycles. The van der Waals surface area contributed by atoms with Crippen molar-refractivity contribution >= 4 is 12.0 Å². The Balaban J connectivity index is 1.85. The molecule has 0 fully saturated rings. The van der Waals surface area contributed by atoms with Gasteiger partial charge >= 0.3 is 5.97 Å². The van der Waals surface area contributed by atoms with Gasteiger partial charge in [0.25, 0.3) is 0 Å². The Bertz CT molecular complexity index is 1200. The zero-order valence-electron chi connectivity index (χ0n) is 21.9. The Morgan fingerprint density at radius 2 is 1.37 bits per heavy atom. The molecular weight excluding hydrogens is 432 g/mol. The zero-order chi connectivity index (χ0) is 25.4. The molecule has 3 aromatic rings. The van der Waals surface area contributed by atoms with Crippen LogP contribution in [0, 0.1) is 0 Å². The first-order valence-corrected chi connectivity index (χ1v) is 12.3. The fourth-order valence-electron chi connectivity index (χ4n) is 4.82. The maximum absolute atomic E-state index is 14.1. The first-order valence-electron chi connectivity index (χ1n) is 12.3. The van der Waals surface area contributed by atoms with Crippen LogP contribution in [0.1, 0.15) is 81.2 Å². The number of esters is 1. The minimum Gasteiger partial charge on any atom is -0.497 e. The molecule has 3 aromatic carbocycles. The molecule has 35 heavy (non-hydrogen) atoms. The molecule has 0 saturated heterocycles. The number of ether oxygens (including phenoxy) is 2. The number of hydrogen-bond acceptors (Lipinski definition) is 3. The summed E-state index contributed by atoms with van der Waals surface area (Å²) in [5, 5.41) is 0. The molecule has 3 nitrogen and oxygen atoms in total. The number of benzene rings is 3. The third-order valence-corrected chi connectivity index (χ3v) is 6.73. The summed E-state index contributed by atoms with van der Waals surface area (Å²) in [7, 11) is 1.68. The Hall–Kier alpha value is -3.33. The van der Waals surface area contributed by atoms with Gasteiger partial charge in [-0.1, -0.05) is 108 Å². The van der Waals surface area contributed by atoms with Gasteiger partial charge in [0.2, 0.25) is 0 Å². The third-order valence-electron chi connectivity index (χ3n) is 6.73. The monoisotopic (exact) mass is 468 g/mol. The van der Waals surface area contributed by atoms with Crippen LogP contribution >= 0.6 is 0 Å². The normalized spacial score (nSPS) is 17.6. The van der Waals surface area contributed by atoms with E-state index in [0.29, 0.717) is 5.75 Å². The predicted octanol–water partition coefficient (Wildman–Crippen LogP) is 7.79. The van der Waals surface area contributed by atoms with Crippen molar-refractivity contribution in [3.63, 3.8) is 0 Å². The molecule has 0 aliphatic heterocycles. The highest BCUT2D eigenvalue weighted by Gasteiger charge is 2.37. The molecule has 4 rings (SSSR count). The molecule has 0 heterocycles. The Morgan fingerprint density at radius 1 is 0.800 bits per heavy atom. The maximum atomic E-state index is 14.1. The molecule has 0 radical (unpaired) electrons. The van der Waals surface area contributed by atoms with Crippen molar-refractivity contribution < 1.29 is 14.3 Å². The molecule has 1 aliphatic carbocycles. The summed E-state index contributed by atoms with van der Waals surface area (Å²) >= 11 is 0. The van der Waals surface area contributed by atoms with Gasteiger partial charge in [-0.05, 0) is 39.7 Å². The lowest BCUT2D eigenvalue weighted by Crippen LogP contribution is -2.29. The van der Waals surface area contributed by atoms with Gasteiger partial charge in [0, 0.05) is 17.0 Å². The number of rotatable bonds is 4. The summed E-state index contributed by atoms with van der Waals surface area (Å²) in [6.45, 7) is 12.8. The minimum absolute atomic E-state index is 0.104. The maximum Gasteiger partial charge on any atom is 0.319 e.